The molecule has 2 aromatic rings. The Labute approximate surface area is 113 Å². The molecule has 0 bridgehead atoms. The van der Waals surface area contributed by atoms with Crippen LogP contribution in [0.2, 0.25) is 0 Å². The molecule has 0 spiro atoms. The number of nitrogens with one attached hydrogen (secondary N) is 1. The third-order valence-corrected chi connectivity index (χ3v) is 2.83. The Balaban J connectivity index is 1.87. The molecule has 0 aliphatic heterocycles. The van der Waals surface area contributed by atoms with Crippen molar-refractivity contribution >= 4 is 17.7 Å². The highest BCUT2D eigenvalue weighted by Gasteiger charge is 2.09. The summed E-state index contributed by atoms with van der Waals surface area (Å²) >= 11 is 1.16. The maximum atomic E-state index is 11.7. The summed E-state index contributed by atoms with van der Waals surface area (Å²) in [6, 6.07) is 10.8. The molecule has 6 nitrogen and oxygen atoms in total. The maximum Gasteiger partial charge on any atom is 0.277 e. The number of hydrogen-bond acceptors (Lipinski definition) is 6. The van der Waals surface area contributed by atoms with Gasteiger partial charge in [-0.3, -0.25) is 4.79 Å². The van der Waals surface area contributed by atoms with E-state index in [-0.39, 0.29) is 18.2 Å². The molecule has 1 aromatic carbocycles. The second kappa shape index (κ2) is 6.56. The molecular formula is C12H10N4O2S. The van der Waals surface area contributed by atoms with Gasteiger partial charge in [0.05, 0.1) is 18.4 Å². The van der Waals surface area contributed by atoms with Crippen molar-refractivity contribution in [3.63, 3.8) is 0 Å². The van der Waals surface area contributed by atoms with Gasteiger partial charge in [-0.1, -0.05) is 30.0 Å². The second-order valence-corrected chi connectivity index (χ2v) is 4.38. The zero-order valence-corrected chi connectivity index (χ0v) is 10.7. The highest BCUT2D eigenvalue weighted by Crippen LogP contribution is 2.14. The van der Waals surface area contributed by atoms with Crippen molar-refractivity contribution in [1.82, 2.24) is 15.5 Å². The van der Waals surface area contributed by atoms with Crippen LogP contribution in [0.1, 0.15) is 16.2 Å². The first-order valence-corrected chi connectivity index (χ1v) is 6.43. The number of benzene rings is 1. The van der Waals surface area contributed by atoms with Crippen LogP contribution in [0.15, 0.2) is 40.0 Å². The maximum absolute atomic E-state index is 11.7. The van der Waals surface area contributed by atoms with Crippen molar-refractivity contribution in [3.05, 3.63) is 41.8 Å². The third kappa shape index (κ3) is 3.82. The summed E-state index contributed by atoms with van der Waals surface area (Å²) in [4.78, 5) is 11.7. The standard InChI is InChI=1S/C12H10N4O2S/c13-6-7-19-12-16-15-10(18-12)8-14-11(17)9-4-2-1-3-5-9/h1-5H,7-8H2,(H,14,17). The molecule has 0 aliphatic rings. The average molecular weight is 274 g/mol. The van der Waals surface area contributed by atoms with Gasteiger partial charge in [0.15, 0.2) is 0 Å². The number of nitriles is 1. The molecule has 0 saturated carbocycles. The van der Waals surface area contributed by atoms with E-state index in [2.05, 4.69) is 15.5 Å². The summed E-state index contributed by atoms with van der Waals surface area (Å²) in [5.41, 5.74) is 0.570. The molecule has 0 radical (unpaired) electrons. The molecule has 1 heterocycles. The number of thioether (sulfide) groups is 1. The minimum atomic E-state index is -0.204. The molecule has 2 rings (SSSR count). The molecule has 0 unspecified atom stereocenters. The van der Waals surface area contributed by atoms with E-state index in [0.717, 1.165) is 11.8 Å². The molecule has 0 aliphatic carbocycles. The van der Waals surface area contributed by atoms with Gasteiger partial charge in [0, 0.05) is 5.56 Å². The SMILES string of the molecule is N#CCSc1nnc(CNC(=O)c2ccccc2)o1. The van der Waals surface area contributed by atoms with Crippen molar-refractivity contribution < 1.29 is 9.21 Å². The van der Waals surface area contributed by atoms with E-state index in [1.165, 1.54) is 0 Å². The summed E-state index contributed by atoms with van der Waals surface area (Å²) in [5.74, 6) is 0.354. The summed E-state index contributed by atoms with van der Waals surface area (Å²) in [5, 5.41) is 18.9. The third-order valence-electron chi connectivity index (χ3n) is 2.14. The minimum absolute atomic E-state index is 0.161. The van der Waals surface area contributed by atoms with Gasteiger partial charge in [-0.2, -0.15) is 5.26 Å². The van der Waals surface area contributed by atoms with Crippen molar-refractivity contribution in [2.24, 2.45) is 0 Å². The largest absolute Gasteiger partial charge is 0.414 e. The van der Waals surface area contributed by atoms with Gasteiger partial charge in [-0.05, 0) is 12.1 Å². The fourth-order valence-corrected chi connectivity index (χ4v) is 1.75. The van der Waals surface area contributed by atoms with Gasteiger partial charge < -0.3 is 9.73 Å². The molecule has 0 atom stereocenters. The van der Waals surface area contributed by atoms with Crippen LogP contribution < -0.4 is 5.32 Å². The monoisotopic (exact) mass is 274 g/mol. The lowest BCUT2D eigenvalue weighted by atomic mass is 10.2. The normalized spacial score (nSPS) is 9.84. The van der Waals surface area contributed by atoms with Crippen molar-refractivity contribution in [1.29, 1.82) is 5.26 Å². The van der Waals surface area contributed by atoms with E-state index in [0.29, 0.717) is 16.7 Å². The van der Waals surface area contributed by atoms with Crippen LogP contribution in [-0.4, -0.2) is 21.9 Å². The predicted molar refractivity (Wildman–Crippen MR) is 68.2 cm³/mol. The highest BCUT2D eigenvalue weighted by atomic mass is 32.2. The molecule has 1 aromatic heterocycles. The smallest absolute Gasteiger partial charge is 0.277 e. The average Bonchev–Trinajstić information content (AvgIpc) is 2.91. The van der Waals surface area contributed by atoms with Crippen LogP contribution in [0, 0.1) is 11.3 Å². The summed E-state index contributed by atoms with van der Waals surface area (Å²) in [6.07, 6.45) is 0. The van der Waals surface area contributed by atoms with E-state index in [4.69, 9.17) is 9.68 Å². The number of carbonyl (C=O) groups excluding carboxylic acids is 1. The van der Waals surface area contributed by atoms with E-state index >= 15 is 0 Å². The van der Waals surface area contributed by atoms with Crippen LogP contribution in [0.3, 0.4) is 0 Å². The number of hydrogen-bond donors (Lipinski definition) is 1. The fraction of sp³-hybridized carbons (Fsp3) is 0.167. The molecule has 0 saturated heterocycles. The van der Waals surface area contributed by atoms with Crippen molar-refractivity contribution in [2.45, 2.75) is 11.8 Å². The van der Waals surface area contributed by atoms with Crippen LogP contribution in [0.4, 0.5) is 0 Å². The molecule has 19 heavy (non-hydrogen) atoms. The highest BCUT2D eigenvalue weighted by molar-refractivity contribution is 7.99. The number of amides is 1. The van der Waals surface area contributed by atoms with E-state index in [1.54, 1.807) is 24.3 Å². The Morgan fingerprint density at radius 1 is 1.37 bits per heavy atom. The van der Waals surface area contributed by atoms with Crippen LogP contribution >= 0.6 is 11.8 Å². The van der Waals surface area contributed by atoms with Gasteiger partial charge in [-0.15, -0.1) is 10.2 Å². The number of nitrogens with zero attached hydrogens (tertiary/aromatic N) is 3. The summed E-state index contributed by atoms with van der Waals surface area (Å²) in [7, 11) is 0. The molecule has 96 valence electrons. The predicted octanol–water partition coefficient (Wildman–Crippen LogP) is 1.62. The van der Waals surface area contributed by atoms with Gasteiger partial charge in [0.2, 0.25) is 5.89 Å². The van der Waals surface area contributed by atoms with Gasteiger partial charge >= 0.3 is 0 Å². The number of aromatic nitrogens is 2. The lowest BCUT2D eigenvalue weighted by molar-refractivity contribution is 0.0946. The Morgan fingerprint density at radius 2 is 2.16 bits per heavy atom. The van der Waals surface area contributed by atoms with Gasteiger partial charge in [0.25, 0.3) is 11.1 Å². The van der Waals surface area contributed by atoms with Crippen LogP contribution in [0.5, 0.6) is 0 Å². The number of carbonyl (C=O) groups is 1. The van der Waals surface area contributed by atoms with Gasteiger partial charge in [0.1, 0.15) is 0 Å². The van der Waals surface area contributed by atoms with E-state index < -0.39 is 0 Å². The van der Waals surface area contributed by atoms with E-state index in [1.807, 2.05) is 12.1 Å². The van der Waals surface area contributed by atoms with Crippen molar-refractivity contribution in [2.75, 3.05) is 5.75 Å². The second-order valence-electron chi connectivity index (χ2n) is 3.46. The first-order valence-electron chi connectivity index (χ1n) is 5.45. The quantitative estimate of drug-likeness (QED) is 0.833. The molecule has 0 fully saturated rings. The number of rotatable bonds is 5. The summed E-state index contributed by atoms with van der Waals surface area (Å²) in [6.45, 7) is 0.161. The fourth-order valence-electron chi connectivity index (χ4n) is 1.31. The molecule has 1 amide bonds. The van der Waals surface area contributed by atoms with Crippen LogP contribution in [0.25, 0.3) is 0 Å². The first-order chi connectivity index (χ1) is 9.29. The Hall–Kier alpha value is -2.33. The van der Waals surface area contributed by atoms with Crippen molar-refractivity contribution in [3.8, 4) is 6.07 Å². The molecular weight excluding hydrogens is 264 g/mol. The first kappa shape index (κ1) is 13.1. The van der Waals surface area contributed by atoms with Gasteiger partial charge in [-0.25, -0.2) is 0 Å². The lowest BCUT2D eigenvalue weighted by Gasteiger charge is -2.01. The Kier molecular flexibility index (Phi) is 4.53. The Bertz CT molecular complexity index is 591. The summed E-state index contributed by atoms with van der Waals surface area (Å²) < 4.78 is 5.25. The zero-order chi connectivity index (χ0) is 13.5. The minimum Gasteiger partial charge on any atom is -0.414 e. The zero-order valence-electron chi connectivity index (χ0n) is 9.87. The lowest BCUT2D eigenvalue weighted by Crippen LogP contribution is -2.22. The molecule has 7 heteroatoms. The Morgan fingerprint density at radius 3 is 2.89 bits per heavy atom. The molecule has 1 N–H and O–H groups in total. The van der Waals surface area contributed by atoms with Crippen LogP contribution in [-0.2, 0) is 6.54 Å². The van der Waals surface area contributed by atoms with E-state index in [9.17, 15) is 4.79 Å². The topological polar surface area (TPSA) is 91.8 Å².